The number of benzene rings is 1. The van der Waals surface area contributed by atoms with Gasteiger partial charge in [0.2, 0.25) is 5.91 Å². The van der Waals surface area contributed by atoms with E-state index in [-0.39, 0.29) is 45.6 Å². The van der Waals surface area contributed by atoms with Crippen LogP contribution in [0.1, 0.15) is 10.4 Å². The second-order valence-corrected chi connectivity index (χ2v) is 5.84. The number of thioether (sulfide) groups is 1. The van der Waals surface area contributed by atoms with Crippen molar-refractivity contribution in [1.29, 1.82) is 0 Å². The smallest absolute Gasteiger partial charge is 0.288 e. The Bertz CT molecular complexity index is 611. The molecule has 1 fully saturated rings. The highest BCUT2D eigenvalue weighted by Crippen LogP contribution is 2.24. The Balaban J connectivity index is 1.95. The molecule has 0 spiro atoms. The second kappa shape index (κ2) is 6.64. The van der Waals surface area contributed by atoms with Crippen LogP contribution in [-0.2, 0) is 4.79 Å². The van der Waals surface area contributed by atoms with Crippen LogP contribution < -0.4 is 5.32 Å². The summed E-state index contributed by atoms with van der Waals surface area (Å²) in [6, 6.07) is 2.07. The monoisotopic (exact) mass is 350 g/mol. The molecule has 1 aliphatic heterocycles. The SMILES string of the molecule is O=C(NCCN1C(=O)CSC1=O)c1cc(F)c(Cl)cc1Cl. The molecule has 0 radical (unpaired) electrons. The van der Waals surface area contributed by atoms with Crippen molar-refractivity contribution in [3.05, 3.63) is 33.6 Å². The third kappa shape index (κ3) is 3.66. The van der Waals surface area contributed by atoms with Gasteiger partial charge < -0.3 is 5.32 Å². The Hall–Kier alpha value is -1.31. The molecule has 0 unspecified atom stereocenters. The summed E-state index contributed by atoms with van der Waals surface area (Å²) < 4.78 is 13.3. The fraction of sp³-hybridized carbons (Fsp3) is 0.250. The van der Waals surface area contributed by atoms with Crippen molar-refractivity contribution in [3.8, 4) is 0 Å². The van der Waals surface area contributed by atoms with Gasteiger partial charge in [-0.2, -0.15) is 0 Å². The van der Waals surface area contributed by atoms with Crippen molar-refractivity contribution in [2.24, 2.45) is 0 Å². The van der Waals surface area contributed by atoms with Crippen LogP contribution in [0.25, 0.3) is 0 Å². The minimum Gasteiger partial charge on any atom is -0.350 e. The lowest BCUT2D eigenvalue weighted by atomic mass is 10.2. The van der Waals surface area contributed by atoms with Crippen LogP contribution in [0.2, 0.25) is 10.0 Å². The highest BCUT2D eigenvalue weighted by atomic mass is 35.5. The first kappa shape index (κ1) is 16.1. The van der Waals surface area contributed by atoms with Crippen LogP contribution in [0, 0.1) is 5.82 Å². The van der Waals surface area contributed by atoms with Gasteiger partial charge in [-0.05, 0) is 12.1 Å². The number of nitrogens with one attached hydrogen (secondary N) is 1. The Morgan fingerprint density at radius 3 is 2.67 bits per heavy atom. The predicted molar refractivity (Wildman–Crippen MR) is 78.3 cm³/mol. The summed E-state index contributed by atoms with van der Waals surface area (Å²) in [4.78, 5) is 35.6. The summed E-state index contributed by atoms with van der Waals surface area (Å²) in [6.07, 6.45) is 0. The largest absolute Gasteiger partial charge is 0.350 e. The lowest BCUT2D eigenvalue weighted by Crippen LogP contribution is -2.37. The molecule has 0 aromatic heterocycles. The van der Waals surface area contributed by atoms with E-state index < -0.39 is 11.7 Å². The third-order valence-corrected chi connectivity index (χ3v) is 4.18. The molecular weight excluding hydrogens is 342 g/mol. The van der Waals surface area contributed by atoms with E-state index in [1.54, 1.807) is 0 Å². The number of carbonyl (C=O) groups is 3. The Kier molecular flexibility index (Phi) is 5.08. The summed E-state index contributed by atoms with van der Waals surface area (Å²) in [7, 11) is 0. The Labute approximate surface area is 133 Å². The quantitative estimate of drug-likeness (QED) is 0.847. The summed E-state index contributed by atoms with van der Waals surface area (Å²) >= 11 is 12.3. The second-order valence-electron chi connectivity index (χ2n) is 4.10. The molecule has 1 aromatic carbocycles. The molecule has 0 saturated carbocycles. The molecule has 1 aromatic rings. The molecule has 9 heteroatoms. The zero-order chi connectivity index (χ0) is 15.6. The van der Waals surface area contributed by atoms with Crippen LogP contribution in [0.15, 0.2) is 12.1 Å². The van der Waals surface area contributed by atoms with Crippen molar-refractivity contribution < 1.29 is 18.8 Å². The summed E-state index contributed by atoms with van der Waals surface area (Å²) in [5.41, 5.74) is -0.0629. The van der Waals surface area contributed by atoms with E-state index in [1.165, 1.54) is 0 Å². The summed E-state index contributed by atoms with van der Waals surface area (Å²) in [5, 5.41) is 1.96. The summed E-state index contributed by atoms with van der Waals surface area (Å²) in [6.45, 7) is 0.113. The first-order valence-corrected chi connectivity index (χ1v) is 7.54. The van der Waals surface area contributed by atoms with E-state index >= 15 is 0 Å². The number of carbonyl (C=O) groups excluding carboxylic acids is 3. The van der Waals surface area contributed by atoms with Crippen LogP contribution in [0.4, 0.5) is 9.18 Å². The topological polar surface area (TPSA) is 66.5 Å². The van der Waals surface area contributed by atoms with Gasteiger partial charge in [0.25, 0.3) is 11.1 Å². The predicted octanol–water partition coefficient (Wildman–Crippen LogP) is 2.56. The maximum Gasteiger partial charge on any atom is 0.288 e. The molecule has 3 amide bonds. The normalized spacial score (nSPS) is 14.7. The highest BCUT2D eigenvalue weighted by molar-refractivity contribution is 8.14. The minimum absolute atomic E-state index is 0.0165. The van der Waals surface area contributed by atoms with E-state index in [2.05, 4.69) is 5.32 Å². The van der Waals surface area contributed by atoms with Gasteiger partial charge in [-0.15, -0.1) is 0 Å². The van der Waals surface area contributed by atoms with Crippen LogP contribution >= 0.6 is 35.0 Å². The molecule has 0 bridgehead atoms. The number of imide groups is 1. The Morgan fingerprint density at radius 1 is 1.33 bits per heavy atom. The van der Waals surface area contributed by atoms with E-state index in [9.17, 15) is 18.8 Å². The molecule has 0 atom stereocenters. The van der Waals surface area contributed by atoms with Crippen molar-refractivity contribution in [2.45, 2.75) is 0 Å². The maximum absolute atomic E-state index is 13.3. The van der Waals surface area contributed by atoms with Gasteiger partial charge >= 0.3 is 0 Å². The maximum atomic E-state index is 13.3. The van der Waals surface area contributed by atoms with Gasteiger partial charge in [0, 0.05) is 13.1 Å². The number of hydrogen-bond acceptors (Lipinski definition) is 4. The molecule has 0 aliphatic carbocycles. The standard InChI is InChI=1S/C12H9Cl2FN2O3S/c13-7-4-8(14)9(15)3-6(7)11(19)16-1-2-17-10(18)5-21-12(17)20/h3-4H,1-2,5H2,(H,16,19). The molecule has 1 heterocycles. The number of rotatable bonds is 4. The fourth-order valence-corrected chi connectivity index (χ4v) is 2.89. The van der Waals surface area contributed by atoms with Gasteiger partial charge in [-0.25, -0.2) is 4.39 Å². The van der Waals surface area contributed by atoms with Crippen molar-refractivity contribution in [3.63, 3.8) is 0 Å². The molecular formula is C12H9Cl2FN2O3S. The van der Waals surface area contributed by atoms with Gasteiger partial charge in [0.1, 0.15) is 5.82 Å². The lowest BCUT2D eigenvalue weighted by molar-refractivity contribution is -0.124. The van der Waals surface area contributed by atoms with Crippen LogP contribution in [-0.4, -0.2) is 40.8 Å². The van der Waals surface area contributed by atoms with E-state index in [4.69, 9.17) is 23.2 Å². The summed E-state index contributed by atoms with van der Waals surface area (Å²) in [5.74, 6) is -1.55. The van der Waals surface area contributed by atoms with Gasteiger partial charge in [-0.3, -0.25) is 19.3 Å². The number of halogens is 3. The lowest BCUT2D eigenvalue weighted by Gasteiger charge is -2.13. The minimum atomic E-state index is -0.757. The third-order valence-electron chi connectivity index (χ3n) is 2.72. The molecule has 1 aliphatic rings. The fourth-order valence-electron chi connectivity index (χ4n) is 1.67. The molecule has 1 saturated heterocycles. The van der Waals surface area contributed by atoms with E-state index in [1.807, 2.05) is 0 Å². The number of hydrogen-bond donors (Lipinski definition) is 1. The molecule has 21 heavy (non-hydrogen) atoms. The average Bonchev–Trinajstić information content (AvgIpc) is 2.74. The molecule has 112 valence electrons. The van der Waals surface area contributed by atoms with Crippen LogP contribution in [0.3, 0.4) is 0 Å². The van der Waals surface area contributed by atoms with Crippen LogP contribution in [0.5, 0.6) is 0 Å². The molecule has 2 rings (SSSR count). The highest BCUT2D eigenvalue weighted by Gasteiger charge is 2.29. The first-order valence-electron chi connectivity index (χ1n) is 5.80. The first-order chi connectivity index (χ1) is 9.90. The van der Waals surface area contributed by atoms with Gasteiger partial charge in [0.15, 0.2) is 0 Å². The number of nitrogens with zero attached hydrogens (tertiary/aromatic N) is 1. The average molecular weight is 351 g/mol. The zero-order valence-electron chi connectivity index (χ0n) is 10.5. The van der Waals surface area contributed by atoms with Crippen molar-refractivity contribution >= 4 is 52.0 Å². The number of amides is 3. The van der Waals surface area contributed by atoms with Crippen molar-refractivity contribution in [1.82, 2.24) is 10.2 Å². The van der Waals surface area contributed by atoms with Gasteiger partial charge in [-0.1, -0.05) is 35.0 Å². The zero-order valence-corrected chi connectivity index (χ0v) is 12.8. The Morgan fingerprint density at radius 2 is 2.05 bits per heavy atom. The van der Waals surface area contributed by atoms with E-state index in [0.717, 1.165) is 28.8 Å². The van der Waals surface area contributed by atoms with Gasteiger partial charge in [0.05, 0.1) is 21.4 Å². The van der Waals surface area contributed by atoms with Crippen molar-refractivity contribution in [2.75, 3.05) is 18.8 Å². The molecule has 1 N–H and O–H groups in total. The molecule has 5 nitrogen and oxygen atoms in total. The van der Waals surface area contributed by atoms with E-state index in [0.29, 0.717) is 0 Å².